The Labute approximate surface area is 439 Å². The molecule has 0 saturated carbocycles. The molecule has 4 nitrogen and oxygen atoms in total. The van der Waals surface area contributed by atoms with E-state index < -0.39 is 0 Å². The topological polar surface area (TPSA) is 14.7 Å². The van der Waals surface area contributed by atoms with Crippen LogP contribution in [0.25, 0.3) is 27.5 Å². The highest BCUT2D eigenvalue weighted by Crippen LogP contribution is 2.50. The molecule has 0 aliphatic carbocycles. The Morgan fingerprint density at radius 2 is 0.824 bits per heavy atom. The molecular weight excluding hydrogens is 935 g/mol. The Morgan fingerprint density at radius 3 is 1.46 bits per heavy atom. The maximum Gasteiger partial charge on any atom is 0.249 e. The van der Waals surface area contributed by atoms with Crippen LogP contribution in [0.4, 0.5) is 51.2 Å². The summed E-state index contributed by atoms with van der Waals surface area (Å²) < 4.78 is 2.64. The van der Waals surface area contributed by atoms with E-state index >= 15 is 0 Å². The predicted octanol–water partition coefficient (Wildman–Crippen LogP) is 13.8. The van der Waals surface area contributed by atoms with E-state index in [2.05, 4.69) is 274 Å². The fourth-order valence-electron chi connectivity index (χ4n) is 12.7. The molecule has 4 aliphatic heterocycles. The Kier molecular flexibility index (Phi) is 9.36. The quantitative estimate of drug-likeness (QED) is 0.147. The van der Waals surface area contributed by atoms with E-state index in [1.807, 2.05) is 23.5 Å². The Hall–Kier alpha value is -8.55. The number of rotatable bonds is 7. The molecule has 16 rings (SSSR count). The zero-order valence-corrected chi connectivity index (χ0v) is 41.6. The molecule has 0 radical (unpaired) electrons. The fourth-order valence-corrected chi connectivity index (χ4v) is 15.2. The third-order valence-corrected chi connectivity index (χ3v) is 17.9. The zero-order chi connectivity index (χ0) is 48.4. The van der Waals surface area contributed by atoms with E-state index in [0.29, 0.717) is 0 Å². The minimum absolute atomic E-state index is 0.0205. The lowest BCUT2D eigenvalue weighted by Gasteiger charge is -2.42. The van der Waals surface area contributed by atoms with E-state index in [1.165, 1.54) is 91.2 Å². The molecule has 0 amide bonds. The van der Waals surface area contributed by atoms with Crippen LogP contribution < -0.4 is 47.5 Å². The second kappa shape index (κ2) is 16.5. The van der Waals surface area contributed by atoms with E-state index in [4.69, 9.17) is 0 Å². The summed E-state index contributed by atoms with van der Waals surface area (Å²) in [7, 11) is 0. The maximum atomic E-state index is 2.65. The van der Waals surface area contributed by atoms with Crippen LogP contribution in [0.2, 0.25) is 0 Å². The predicted molar refractivity (Wildman–Crippen MR) is 315 cm³/mol. The average Bonchev–Trinajstić information content (AvgIpc) is 3.87. The Bertz CT molecular complexity index is 4150. The summed E-state index contributed by atoms with van der Waals surface area (Å²) in [5.41, 5.74) is 22.2. The molecule has 12 aromatic rings. The number of para-hydroxylation sites is 7. The highest BCUT2D eigenvalue weighted by molar-refractivity contribution is 8.00. The molecule has 11 aromatic carbocycles. The number of hydrogen-bond acceptors (Lipinski definition) is 5. The van der Waals surface area contributed by atoms with Gasteiger partial charge >= 0.3 is 0 Å². The van der Waals surface area contributed by atoms with Gasteiger partial charge in [0.05, 0.1) is 11.0 Å². The van der Waals surface area contributed by atoms with Crippen molar-refractivity contribution in [3.05, 3.63) is 255 Å². The van der Waals surface area contributed by atoms with Crippen molar-refractivity contribution >= 4 is 143 Å². The first-order valence-corrected chi connectivity index (χ1v) is 27.0. The highest BCUT2D eigenvalue weighted by atomic mass is 32.2. The second-order valence-corrected chi connectivity index (χ2v) is 21.7. The summed E-state index contributed by atoms with van der Waals surface area (Å²) >= 11 is 3.88. The minimum Gasteiger partial charge on any atom is -0.311 e. The van der Waals surface area contributed by atoms with Crippen LogP contribution in [-0.4, -0.2) is 18.0 Å². The largest absolute Gasteiger partial charge is 0.311 e. The highest BCUT2D eigenvalue weighted by Gasteiger charge is 2.46. The molecule has 8 heteroatoms. The number of benzene rings is 11. The SMILES string of the molecule is c1ccc(N(c2ccccc2)c2cc3c4c(c2)N(c2ccccc2)c2ccccc2B4c2cc4c5c(c2S3)c2ccccc2n5-c2cc(N(c3ccccc3)c3ccccc3)cc3c2B4c2ccccc2S3)cc1. The van der Waals surface area contributed by atoms with Gasteiger partial charge in [-0.2, -0.15) is 0 Å². The van der Waals surface area contributed by atoms with E-state index in [9.17, 15) is 0 Å². The lowest BCUT2D eigenvalue weighted by atomic mass is 9.32. The standard InChI is InChI=1S/C66H42B2N4S2/c1-6-22-43(23-7-1)69(44-24-8-2-9-25-44)48-38-57-63-61(41-48)74-66-54(67(63)51-33-17-20-36-56(51)71(57)47-30-14-5-15-31-47)42-53-65-62(66)50-32-16-19-35-55(50)72(65)58-39-49(40-60-64(58)68(53)52-34-18-21-37-59(52)73-60)70(45-26-10-3-11-27-45)46-28-12-4-13-29-46/h1-42H. The molecule has 0 spiro atoms. The van der Waals surface area contributed by atoms with Crippen molar-refractivity contribution in [2.24, 2.45) is 0 Å². The number of nitrogens with zero attached hydrogens (tertiary/aromatic N) is 4. The molecule has 0 saturated heterocycles. The van der Waals surface area contributed by atoms with Gasteiger partial charge in [0.2, 0.25) is 13.4 Å². The third kappa shape index (κ3) is 6.16. The first kappa shape index (κ1) is 42.0. The molecule has 74 heavy (non-hydrogen) atoms. The van der Waals surface area contributed by atoms with Gasteiger partial charge in [0, 0.05) is 87.2 Å². The van der Waals surface area contributed by atoms with Crippen molar-refractivity contribution in [2.75, 3.05) is 14.7 Å². The Morgan fingerprint density at radius 1 is 0.338 bits per heavy atom. The summed E-state index contributed by atoms with van der Waals surface area (Å²) in [5, 5.41) is 2.61. The van der Waals surface area contributed by atoms with Gasteiger partial charge < -0.3 is 19.3 Å². The lowest BCUT2D eigenvalue weighted by Crippen LogP contribution is -2.63. The lowest BCUT2D eigenvalue weighted by molar-refractivity contribution is 1.16. The van der Waals surface area contributed by atoms with Crippen LogP contribution >= 0.6 is 23.5 Å². The molecule has 0 unspecified atom stereocenters. The fraction of sp³-hybridized carbons (Fsp3) is 0. The molecule has 0 N–H and O–H groups in total. The Balaban J connectivity index is 1.01. The summed E-state index contributed by atoms with van der Waals surface area (Å²) in [6.07, 6.45) is 0. The van der Waals surface area contributed by atoms with Gasteiger partial charge in [-0.1, -0.05) is 186 Å². The maximum absolute atomic E-state index is 2.65. The van der Waals surface area contributed by atoms with Crippen molar-refractivity contribution in [3.8, 4) is 5.69 Å². The summed E-state index contributed by atoms with van der Waals surface area (Å²) in [4.78, 5) is 12.6. The molecule has 344 valence electrons. The smallest absolute Gasteiger partial charge is 0.249 e. The first-order valence-electron chi connectivity index (χ1n) is 25.4. The van der Waals surface area contributed by atoms with Crippen LogP contribution in [0.5, 0.6) is 0 Å². The average molecular weight is 977 g/mol. The first-order chi connectivity index (χ1) is 36.7. The van der Waals surface area contributed by atoms with Crippen LogP contribution in [0.3, 0.4) is 0 Å². The number of aromatic nitrogens is 1. The molecule has 4 aliphatic rings. The van der Waals surface area contributed by atoms with E-state index in [1.54, 1.807) is 0 Å². The van der Waals surface area contributed by atoms with Crippen molar-refractivity contribution < 1.29 is 0 Å². The van der Waals surface area contributed by atoms with E-state index in [0.717, 1.165) is 39.8 Å². The molecule has 1 aromatic heterocycles. The van der Waals surface area contributed by atoms with Crippen LogP contribution in [0.15, 0.2) is 274 Å². The summed E-state index contributed by atoms with van der Waals surface area (Å²) in [6.45, 7) is 0.00379. The van der Waals surface area contributed by atoms with Crippen molar-refractivity contribution in [1.29, 1.82) is 0 Å². The number of fused-ring (bicyclic) bond motifs is 12. The van der Waals surface area contributed by atoms with Gasteiger partial charge in [-0.25, -0.2) is 0 Å². The van der Waals surface area contributed by atoms with Crippen LogP contribution in [-0.2, 0) is 0 Å². The monoisotopic (exact) mass is 976 g/mol. The zero-order valence-electron chi connectivity index (χ0n) is 40.0. The van der Waals surface area contributed by atoms with Crippen LogP contribution in [0.1, 0.15) is 0 Å². The number of hydrogen-bond donors (Lipinski definition) is 0. The number of anilines is 9. The van der Waals surface area contributed by atoms with Gasteiger partial charge in [-0.15, -0.1) is 0 Å². The van der Waals surface area contributed by atoms with Crippen molar-refractivity contribution in [1.82, 2.24) is 4.57 Å². The minimum atomic E-state index is -0.0205. The van der Waals surface area contributed by atoms with Crippen molar-refractivity contribution in [3.63, 3.8) is 0 Å². The molecule has 0 atom stereocenters. The van der Waals surface area contributed by atoms with Gasteiger partial charge in [-0.05, 0) is 125 Å². The third-order valence-electron chi connectivity index (χ3n) is 15.6. The van der Waals surface area contributed by atoms with Crippen LogP contribution in [0, 0.1) is 0 Å². The van der Waals surface area contributed by atoms with Gasteiger partial charge in [-0.3, -0.25) is 0 Å². The normalized spacial score (nSPS) is 13.2. The second-order valence-electron chi connectivity index (χ2n) is 19.6. The summed E-state index contributed by atoms with van der Waals surface area (Å²) in [5.74, 6) is 0. The molecule has 5 heterocycles. The molecule has 0 bridgehead atoms. The van der Waals surface area contributed by atoms with Crippen molar-refractivity contribution in [2.45, 2.75) is 19.6 Å². The van der Waals surface area contributed by atoms with Gasteiger partial charge in [0.25, 0.3) is 0 Å². The molecular formula is C66H42B2N4S2. The molecule has 0 fully saturated rings. The van der Waals surface area contributed by atoms with E-state index in [-0.39, 0.29) is 13.4 Å². The van der Waals surface area contributed by atoms with Gasteiger partial charge in [0.15, 0.2) is 0 Å². The van der Waals surface area contributed by atoms with Gasteiger partial charge in [0.1, 0.15) is 0 Å². The summed E-state index contributed by atoms with van der Waals surface area (Å²) in [6, 6.07) is 94.4.